The highest BCUT2D eigenvalue weighted by molar-refractivity contribution is 7.90. The van der Waals surface area contributed by atoms with Gasteiger partial charge >= 0.3 is 5.69 Å². The standard InChI is InChI=1S/C19H20N4O6S/c1-30(28,29)16-7-6-13(11-15(16)23(26)27)14(10-12-4-2-3-5-12)18(24)21-17-8-9-20-19(25)22-17/h6-12H,2-5H2,1H3,(H2,20,21,22,24,25)/b14-10+. The number of rotatable bonds is 6. The highest BCUT2D eigenvalue weighted by atomic mass is 32.2. The number of nitro groups is 1. The number of aromatic nitrogens is 2. The van der Waals surface area contributed by atoms with E-state index in [4.69, 9.17) is 0 Å². The van der Waals surface area contributed by atoms with Crippen LogP contribution >= 0.6 is 0 Å². The Morgan fingerprint density at radius 2 is 2.00 bits per heavy atom. The van der Waals surface area contributed by atoms with Crippen LogP contribution in [0, 0.1) is 16.0 Å². The number of amides is 1. The number of hydrogen-bond donors (Lipinski definition) is 2. The molecule has 1 saturated carbocycles. The van der Waals surface area contributed by atoms with Gasteiger partial charge in [-0.25, -0.2) is 18.2 Å². The molecule has 10 nitrogen and oxygen atoms in total. The second-order valence-electron chi connectivity index (χ2n) is 7.08. The van der Waals surface area contributed by atoms with Crippen LogP contribution in [0.1, 0.15) is 31.2 Å². The predicted molar refractivity (Wildman–Crippen MR) is 110 cm³/mol. The van der Waals surface area contributed by atoms with Crippen molar-refractivity contribution < 1.29 is 18.1 Å². The molecule has 1 amide bonds. The number of carbonyl (C=O) groups excluding carboxylic acids is 1. The highest BCUT2D eigenvalue weighted by Gasteiger charge is 2.25. The van der Waals surface area contributed by atoms with Crippen molar-refractivity contribution in [1.82, 2.24) is 9.97 Å². The third-order valence-electron chi connectivity index (χ3n) is 4.84. The SMILES string of the molecule is CS(=O)(=O)c1ccc(/C(=C\C2CCCC2)C(=O)Nc2ccnc(=O)[nH]2)cc1[N+](=O)[O-]. The first-order valence-corrected chi connectivity index (χ1v) is 11.1. The van der Waals surface area contributed by atoms with Crippen LogP contribution in [0.25, 0.3) is 5.57 Å². The molecule has 1 aliphatic carbocycles. The Balaban J connectivity index is 2.06. The zero-order valence-corrected chi connectivity index (χ0v) is 16.9. The number of aromatic amines is 1. The van der Waals surface area contributed by atoms with Gasteiger partial charge in [0.1, 0.15) is 10.7 Å². The second-order valence-corrected chi connectivity index (χ2v) is 9.06. The molecular formula is C19H20N4O6S. The summed E-state index contributed by atoms with van der Waals surface area (Å²) < 4.78 is 23.8. The fraction of sp³-hybridized carbons (Fsp3) is 0.316. The number of nitrogens with zero attached hydrogens (tertiary/aromatic N) is 2. The zero-order valence-electron chi connectivity index (χ0n) is 16.1. The number of carbonyl (C=O) groups is 1. The first-order valence-electron chi connectivity index (χ1n) is 9.22. The molecule has 1 heterocycles. The molecule has 3 rings (SSSR count). The Labute approximate surface area is 172 Å². The Morgan fingerprint density at radius 3 is 2.60 bits per heavy atom. The molecule has 0 unspecified atom stereocenters. The highest BCUT2D eigenvalue weighted by Crippen LogP contribution is 2.32. The van der Waals surface area contributed by atoms with Gasteiger partial charge in [-0.1, -0.05) is 25.0 Å². The third-order valence-corrected chi connectivity index (χ3v) is 5.98. The summed E-state index contributed by atoms with van der Waals surface area (Å²) in [5, 5.41) is 14.0. The van der Waals surface area contributed by atoms with Crippen molar-refractivity contribution in [2.45, 2.75) is 30.6 Å². The number of allylic oxidation sites excluding steroid dienone is 1. The van der Waals surface area contributed by atoms with Crippen LogP contribution in [0.2, 0.25) is 0 Å². The Bertz CT molecular complexity index is 1180. The maximum absolute atomic E-state index is 13.0. The molecule has 158 valence electrons. The van der Waals surface area contributed by atoms with E-state index in [1.807, 2.05) is 0 Å². The molecule has 0 atom stereocenters. The summed E-state index contributed by atoms with van der Waals surface area (Å²) in [7, 11) is -3.83. The monoisotopic (exact) mass is 432 g/mol. The molecule has 2 N–H and O–H groups in total. The van der Waals surface area contributed by atoms with Gasteiger partial charge in [-0.15, -0.1) is 0 Å². The van der Waals surface area contributed by atoms with Crippen LogP contribution in [0.3, 0.4) is 0 Å². The van der Waals surface area contributed by atoms with Gasteiger partial charge in [0.25, 0.3) is 11.6 Å². The van der Waals surface area contributed by atoms with Gasteiger partial charge in [0.05, 0.1) is 4.92 Å². The van der Waals surface area contributed by atoms with Crippen LogP contribution in [-0.4, -0.2) is 35.5 Å². The number of anilines is 1. The van der Waals surface area contributed by atoms with Gasteiger partial charge in [0, 0.05) is 24.1 Å². The summed E-state index contributed by atoms with van der Waals surface area (Å²) in [6.45, 7) is 0. The number of benzene rings is 1. The van der Waals surface area contributed by atoms with E-state index in [-0.39, 0.29) is 22.9 Å². The van der Waals surface area contributed by atoms with Crippen molar-refractivity contribution in [1.29, 1.82) is 0 Å². The van der Waals surface area contributed by atoms with Crippen molar-refractivity contribution in [3.63, 3.8) is 0 Å². The molecule has 0 bridgehead atoms. The van der Waals surface area contributed by atoms with Crippen LogP contribution in [0.5, 0.6) is 0 Å². The van der Waals surface area contributed by atoms with Crippen LogP contribution in [-0.2, 0) is 14.6 Å². The van der Waals surface area contributed by atoms with Gasteiger partial charge in [0.15, 0.2) is 9.84 Å². The minimum absolute atomic E-state index is 0.121. The van der Waals surface area contributed by atoms with Crippen molar-refractivity contribution >= 4 is 32.8 Å². The normalized spacial score (nSPS) is 15.2. The molecule has 1 aromatic carbocycles. The summed E-state index contributed by atoms with van der Waals surface area (Å²) in [6, 6.07) is 5.00. The number of H-pyrrole nitrogens is 1. The molecule has 30 heavy (non-hydrogen) atoms. The smallest absolute Gasteiger partial charge is 0.308 e. The van der Waals surface area contributed by atoms with Gasteiger partial charge < -0.3 is 5.32 Å². The van der Waals surface area contributed by atoms with E-state index in [1.165, 1.54) is 18.3 Å². The Morgan fingerprint density at radius 1 is 1.30 bits per heavy atom. The summed E-state index contributed by atoms with van der Waals surface area (Å²) in [4.78, 5) is 40.5. The molecule has 1 aliphatic rings. The summed E-state index contributed by atoms with van der Waals surface area (Å²) >= 11 is 0. The van der Waals surface area contributed by atoms with Crippen molar-refractivity contribution in [3.8, 4) is 0 Å². The largest absolute Gasteiger partial charge is 0.346 e. The molecule has 1 aromatic heterocycles. The van der Waals surface area contributed by atoms with E-state index < -0.39 is 36.9 Å². The second kappa shape index (κ2) is 8.57. The number of nitro benzene ring substituents is 1. The van der Waals surface area contributed by atoms with Crippen LogP contribution < -0.4 is 11.0 Å². The summed E-state index contributed by atoms with van der Waals surface area (Å²) in [6.07, 6.45) is 7.67. The maximum Gasteiger partial charge on any atom is 0.346 e. The minimum atomic E-state index is -3.83. The van der Waals surface area contributed by atoms with Gasteiger partial charge in [-0.2, -0.15) is 0 Å². The number of hydrogen-bond acceptors (Lipinski definition) is 7. The van der Waals surface area contributed by atoms with E-state index in [2.05, 4.69) is 15.3 Å². The van der Waals surface area contributed by atoms with E-state index in [0.29, 0.717) is 0 Å². The van der Waals surface area contributed by atoms with Crippen molar-refractivity contribution in [3.05, 3.63) is 62.7 Å². The van der Waals surface area contributed by atoms with Crippen LogP contribution in [0.4, 0.5) is 11.5 Å². The van der Waals surface area contributed by atoms with Gasteiger partial charge in [-0.05, 0) is 36.5 Å². The molecule has 0 aliphatic heterocycles. The fourth-order valence-corrected chi connectivity index (χ4v) is 4.26. The maximum atomic E-state index is 13.0. The van der Waals surface area contributed by atoms with E-state index in [9.17, 15) is 28.1 Å². The number of nitrogens with one attached hydrogen (secondary N) is 2. The number of sulfone groups is 1. The van der Waals surface area contributed by atoms with Gasteiger partial charge in [-0.3, -0.25) is 19.9 Å². The lowest BCUT2D eigenvalue weighted by atomic mass is 9.97. The lowest BCUT2D eigenvalue weighted by molar-refractivity contribution is -0.387. The quantitative estimate of drug-likeness (QED) is 0.403. The average Bonchev–Trinajstić information content (AvgIpc) is 3.18. The Kier molecular flexibility index (Phi) is 6.11. The first-order chi connectivity index (χ1) is 14.1. The minimum Gasteiger partial charge on any atom is -0.308 e. The molecular weight excluding hydrogens is 412 g/mol. The Hall–Kier alpha value is -3.34. The first kappa shape index (κ1) is 21.4. The summed E-state index contributed by atoms with van der Waals surface area (Å²) in [5.41, 5.74) is -0.850. The molecule has 0 spiro atoms. The van der Waals surface area contributed by atoms with E-state index >= 15 is 0 Å². The molecule has 0 saturated heterocycles. The van der Waals surface area contributed by atoms with Crippen molar-refractivity contribution in [2.24, 2.45) is 5.92 Å². The summed E-state index contributed by atoms with van der Waals surface area (Å²) in [5.74, 6) is -0.333. The topological polar surface area (TPSA) is 152 Å². The molecule has 0 radical (unpaired) electrons. The lowest BCUT2D eigenvalue weighted by Gasteiger charge is -2.12. The van der Waals surface area contributed by atoms with E-state index in [0.717, 1.165) is 44.1 Å². The van der Waals surface area contributed by atoms with Gasteiger partial charge in [0.2, 0.25) is 0 Å². The van der Waals surface area contributed by atoms with E-state index in [1.54, 1.807) is 6.08 Å². The predicted octanol–water partition coefficient (Wildman–Crippen LogP) is 2.29. The molecule has 11 heteroatoms. The molecule has 1 fully saturated rings. The molecule has 2 aromatic rings. The lowest BCUT2D eigenvalue weighted by Crippen LogP contribution is -2.19. The average molecular weight is 432 g/mol. The van der Waals surface area contributed by atoms with Crippen molar-refractivity contribution in [2.75, 3.05) is 11.6 Å². The zero-order chi connectivity index (χ0) is 21.9. The fourth-order valence-electron chi connectivity index (χ4n) is 3.44. The van der Waals surface area contributed by atoms with Crippen LogP contribution in [0.15, 0.2) is 46.2 Å². The third kappa shape index (κ3) is 4.98.